The summed E-state index contributed by atoms with van der Waals surface area (Å²) in [6.07, 6.45) is 7.74. The Labute approximate surface area is 199 Å². The van der Waals surface area contributed by atoms with Crippen LogP contribution in [0.25, 0.3) is 0 Å². The summed E-state index contributed by atoms with van der Waals surface area (Å²) in [4.78, 5) is 15.3. The lowest BCUT2D eigenvalue weighted by Crippen LogP contribution is -2.59. The quantitative estimate of drug-likeness (QED) is 0.680. The van der Waals surface area contributed by atoms with E-state index in [1.165, 1.54) is 28.5 Å². The molecule has 3 heterocycles. The number of amides is 2. The first kappa shape index (κ1) is 22.0. The highest BCUT2D eigenvalue weighted by molar-refractivity contribution is 7.91. The van der Waals surface area contributed by atoms with Gasteiger partial charge < -0.3 is 14.8 Å². The van der Waals surface area contributed by atoms with E-state index < -0.39 is 15.9 Å². The van der Waals surface area contributed by atoms with Crippen LogP contribution in [-0.2, 0) is 46.9 Å². The first-order valence-corrected chi connectivity index (χ1v) is 13.5. The minimum Gasteiger partial charge on any atom is -0.475 e. The van der Waals surface area contributed by atoms with Crippen LogP contribution in [0.4, 0.5) is 10.5 Å². The monoisotopic (exact) mass is 486 g/mol. The average Bonchev–Trinajstić information content (AvgIpc) is 3.51. The van der Waals surface area contributed by atoms with Crippen molar-refractivity contribution in [2.24, 2.45) is 9.50 Å². The zero-order valence-electron chi connectivity index (χ0n) is 19.3. The third-order valence-corrected chi connectivity index (χ3v) is 8.87. The number of ether oxygens (including phenoxy) is 2. The Morgan fingerprint density at radius 2 is 1.91 bits per heavy atom. The smallest absolute Gasteiger partial charge is 0.354 e. The Balaban J connectivity index is 1.23. The highest BCUT2D eigenvalue weighted by Gasteiger charge is 2.37. The highest BCUT2D eigenvalue weighted by atomic mass is 32.2. The molecule has 6 rings (SSSR count). The summed E-state index contributed by atoms with van der Waals surface area (Å²) >= 11 is 0. The molecule has 182 valence electrons. The first-order valence-electron chi connectivity index (χ1n) is 11.9. The van der Waals surface area contributed by atoms with Crippen molar-refractivity contribution in [3.63, 3.8) is 0 Å². The van der Waals surface area contributed by atoms with Crippen molar-refractivity contribution in [1.29, 1.82) is 0 Å². The lowest BCUT2D eigenvalue weighted by Gasteiger charge is -2.44. The first-order chi connectivity index (χ1) is 16.4. The van der Waals surface area contributed by atoms with Crippen molar-refractivity contribution < 1.29 is 18.5 Å². The van der Waals surface area contributed by atoms with Gasteiger partial charge in [0.2, 0.25) is 5.88 Å². The SMILES string of the molecule is COC1CN([C@@H]2COc3c(S(N)(=O)=NC(=O)Nc4c5c(cc6c4CCC6)CCC5)cnn3C2)C1. The van der Waals surface area contributed by atoms with Gasteiger partial charge in [0.25, 0.3) is 0 Å². The fourth-order valence-corrected chi connectivity index (χ4v) is 6.67. The van der Waals surface area contributed by atoms with Gasteiger partial charge in [0.15, 0.2) is 9.92 Å². The van der Waals surface area contributed by atoms with Gasteiger partial charge in [-0.25, -0.2) is 18.8 Å². The summed E-state index contributed by atoms with van der Waals surface area (Å²) in [5.74, 6) is 0.325. The van der Waals surface area contributed by atoms with Gasteiger partial charge in [-0.2, -0.15) is 5.10 Å². The molecule has 11 heteroatoms. The Bertz CT molecular complexity index is 1240. The van der Waals surface area contributed by atoms with Gasteiger partial charge in [-0.1, -0.05) is 6.07 Å². The predicted octanol–water partition coefficient (Wildman–Crippen LogP) is 1.88. The van der Waals surface area contributed by atoms with Crippen molar-refractivity contribution in [2.45, 2.75) is 62.1 Å². The van der Waals surface area contributed by atoms with E-state index in [0.29, 0.717) is 19.0 Å². The number of carbonyl (C=O) groups is 1. The summed E-state index contributed by atoms with van der Waals surface area (Å²) in [5, 5.41) is 13.4. The molecule has 0 bridgehead atoms. The van der Waals surface area contributed by atoms with E-state index in [0.717, 1.165) is 57.3 Å². The van der Waals surface area contributed by atoms with E-state index in [1.807, 2.05) is 0 Å². The van der Waals surface area contributed by atoms with Crippen molar-refractivity contribution >= 4 is 21.6 Å². The van der Waals surface area contributed by atoms with Crippen LogP contribution < -0.4 is 15.2 Å². The van der Waals surface area contributed by atoms with Gasteiger partial charge in [0.1, 0.15) is 11.5 Å². The number of aryl methyl sites for hydroxylation is 2. The molecule has 1 unspecified atom stereocenters. The zero-order chi connectivity index (χ0) is 23.4. The Morgan fingerprint density at radius 3 is 2.59 bits per heavy atom. The van der Waals surface area contributed by atoms with E-state index in [-0.39, 0.29) is 17.0 Å². The van der Waals surface area contributed by atoms with Crippen molar-refractivity contribution in [2.75, 3.05) is 32.1 Å². The molecule has 10 nitrogen and oxygen atoms in total. The number of likely N-dealkylation sites (tertiary alicyclic amines) is 1. The molecule has 2 aliphatic carbocycles. The Morgan fingerprint density at radius 1 is 1.21 bits per heavy atom. The van der Waals surface area contributed by atoms with Crippen molar-refractivity contribution in [3.05, 3.63) is 34.5 Å². The number of hydrogen-bond acceptors (Lipinski definition) is 6. The van der Waals surface area contributed by atoms with Crippen LogP contribution in [0.1, 0.15) is 35.1 Å². The van der Waals surface area contributed by atoms with Gasteiger partial charge in [0.05, 0.1) is 24.9 Å². The number of nitrogens with zero attached hydrogens (tertiary/aromatic N) is 4. The number of rotatable bonds is 4. The van der Waals surface area contributed by atoms with E-state index >= 15 is 0 Å². The maximum absolute atomic E-state index is 13.3. The molecular formula is C23H30N6O4S. The summed E-state index contributed by atoms with van der Waals surface area (Å²) in [7, 11) is -1.81. The number of carbonyl (C=O) groups excluding carboxylic acids is 1. The molecule has 1 fully saturated rings. The minimum absolute atomic E-state index is 0.156. The molecule has 0 saturated carbocycles. The fourth-order valence-electron chi connectivity index (χ4n) is 5.67. The standard InChI is InChI=1S/C23H30N6O4S/c1-32-17-11-28(12-17)16-10-29-22(33-13-16)20(9-25-29)34(24,31)27-23(30)26-21-18-6-2-4-14(18)8-15-5-3-7-19(15)21/h8-9,16-17H,2-7,10-13H2,1H3,(H3,24,26,27,30,31)/t16-,34?/m0/s1. The molecule has 2 amide bonds. The fraction of sp³-hybridized carbons (Fsp3) is 0.565. The molecule has 2 aliphatic heterocycles. The Kier molecular flexibility index (Phi) is 5.40. The maximum Gasteiger partial charge on any atom is 0.354 e. The van der Waals surface area contributed by atoms with Crippen LogP contribution in [0.15, 0.2) is 21.5 Å². The van der Waals surface area contributed by atoms with Crippen LogP contribution in [0.2, 0.25) is 0 Å². The lowest BCUT2D eigenvalue weighted by atomic mass is 9.99. The molecule has 0 radical (unpaired) electrons. The molecule has 3 N–H and O–H groups in total. The van der Waals surface area contributed by atoms with Crippen LogP contribution in [0.3, 0.4) is 0 Å². The van der Waals surface area contributed by atoms with Crippen LogP contribution >= 0.6 is 0 Å². The lowest BCUT2D eigenvalue weighted by molar-refractivity contribution is -0.0687. The number of fused-ring (bicyclic) bond motifs is 3. The predicted molar refractivity (Wildman–Crippen MR) is 126 cm³/mol. The third kappa shape index (κ3) is 3.71. The van der Waals surface area contributed by atoms with Gasteiger partial charge in [0, 0.05) is 25.9 Å². The molecule has 2 aromatic rings. The van der Waals surface area contributed by atoms with Gasteiger partial charge in [-0.15, -0.1) is 4.36 Å². The second-order valence-electron chi connectivity index (χ2n) is 9.60. The minimum atomic E-state index is -3.53. The number of urea groups is 1. The maximum atomic E-state index is 13.3. The molecule has 2 atom stereocenters. The van der Waals surface area contributed by atoms with Gasteiger partial charge in [-0.3, -0.25) is 4.90 Å². The molecule has 1 aromatic heterocycles. The number of anilines is 1. The van der Waals surface area contributed by atoms with Gasteiger partial charge >= 0.3 is 6.03 Å². The summed E-state index contributed by atoms with van der Waals surface area (Å²) < 4.78 is 30.2. The average molecular weight is 487 g/mol. The highest BCUT2D eigenvalue weighted by Crippen LogP contribution is 2.39. The van der Waals surface area contributed by atoms with Crippen molar-refractivity contribution in [3.8, 4) is 5.88 Å². The van der Waals surface area contributed by atoms with Crippen molar-refractivity contribution in [1.82, 2.24) is 14.7 Å². The van der Waals surface area contributed by atoms with E-state index in [9.17, 15) is 9.00 Å². The van der Waals surface area contributed by atoms with E-state index in [4.69, 9.17) is 14.6 Å². The van der Waals surface area contributed by atoms with Crippen LogP contribution in [0.5, 0.6) is 5.88 Å². The summed E-state index contributed by atoms with van der Waals surface area (Å²) in [5.41, 5.74) is 5.83. The molecule has 1 aromatic carbocycles. The normalized spacial score (nSPS) is 23.3. The number of nitrogens with one attached hydrogen (secondary N) is 1. The number of benzene rings is 1. The molecule has 4 aliphatic rings. The second-order valence-corrected chi connectivity index (χ2v) is 11.4. The number of nitrogens with two attached hydrogens (primary N) is 1. The third-order valence-electron chi connectivity index (χ3n) is 7.52. The summed E-state index contributed by atoms with van der Waals surface area (Å²) in [6, 6.07) is 1.76. The zero-order valence-corrected chi connectivity index (χ0v) is 20.1. The Hall–Kier alpha value is -2.47. The van der Waals surface area contributed by atoms with E-state index in [1.54, 1.807) is 11.8 Å². The molecule has 1 saturated heterocycles. The van der Waals surface area contributed by atoms with Crippen LogP contribution in [0, 0.1) is 0 Å². The topological polar surface area (TPSA) is 124 Å². The van der Waals surface area contributed by atoms with Crippen LogP contribution in [-0.4, -0.2) is 63.9 Å². The molecular weight excluding hydrogens is 456 g/mol. The molecule has 34 heavy (non-hydrogen) atoms. The number of methoxy groups -OCH3 is 1. The number of aromatic nitrogens is 2. The largest absolute Gasteiger partial charge is 0.475 e. The van der Waals surface area contributed by atoms with E-state index in [2.05, 4.69) is 25.7 Å². The molecule has 0 spiro atoms. The van der Waals surface area contributed by atoms with Gasteiger partial charge in [-0.05, 0) is 60.8 Å². The summed E-state index contributed by atoms with van der Waals surface area (Å²) in [6.45, 7) is 2.73. The second kappa shape index (κ2) is 8.33. The number of hydrogen-bond donors (Lipinski definition) is 2.